The van der Waals surface area contributed by atoms with Gasteiger partial charge >= 0.3 is 421 Å². The summed E-state index contributed by atoms with van der Waals surface area (Å²) in [4.78, 5) is 0.115. The first kappa shape index (κ1) is 57.1. The summed E-state index contributed by atoms with van der Waals surface area (Å²) in [5, 5.41) is 0. The topological polar surface area (TPSA) is 111 Å². The molecule has 5 aliphatic heterocycles. The SMILES string of the molecule is COCO[C@H]1C[C@@H](CC2COC(C)(C)OC2)O[C@@H]2C[C@@H]3O[C@H]([C@H](C)[Se]c4ccccc4)[C@@H](O[C@@H]4[C@H](O[Si](C(C)C)(C(C)C)C(C)C)CO[C@@H](OCc5ccccc5)[C@]4(C)OCc4ccccc4)CC[C@@]3(C)O[C@@H]12. The Bertz CT molecular complexity index is 2090. The molecule has 14 heteroatoms. The van der Waals surface area contributed by atoms with E-state index in [1.807, 2.05) is 38.1 Å². The molecular weight excluding hydrogens is 1010 g/mol. The maximum absolute atomic E-state index is 7.97. The van der Waals surface area contributed by atoms with Gasteiger partial charge in [0.2, 0.25) is 0 Å². The number of hydrogen-bond acceptors (Lipinski definition) is 12. The maximum atomic E-state index is 7.97. The normalized spacial score (nSPS) is 33.6. The summed E-state index contributed by atoms with van der Waals surface area (Å²) in [7, 11) is -0.846. The zero-order valence-corrected chi connectivity index (χ0v) is 48.6. The molecule has 0 bridgehead atoms. The van der Waals surface area contributed by atoms with Crippen molar-refractivity contribution in [2.75, 3.05) is 33.7 Å². The van der Waals surface area contributed by atoms with Crippen LogP contribution < -0.4 is 4.46 Å². The van der Waals surface area contributed by atoms with Gasteiger partial charge in [0.25, 0.3) is 0 Å². The Hall–Kier alpha value is -2.08. The first-order valence-corrected chi connectivity index (χ1v) is 31.3. The number of hydrogen-bond donors (Lipinski definition) is 0. The van der Waals surface area contributed by atoms with Gasteiger partial charge in [0.05, 0.1) is 0 Å². The van der Waals surface area contributed by atoms with Crippen LogP contribution in [-0.2, 0) is 69.7 Å². The molecule has 0 saturated carbocycles. The van der Waals surface area contributed by atoms with E-state index in [-0.39, 0.29) is 75.2 Å². The second kappa shape index (κ2) is 25.1. The molecule has 13 atom stereocenters. The van der Waals surface area contributed by atoms with Gasteiger partial charge < -0.3 is 0 Å². The first-order valence-electron chi connectivity index (χ1n) is 27.3. The van der Waals surface area contributed by atoms with Crippen molar-refractivity contribution in [2.45, 2.75) is 221 Å². The molecule has 0 aromatic heterocycles. The summed E-state index contributed by atoms with van der Waals surface area (Å²) in [5.74, 6) is -0.371. The van der Waals surface area contributed by atoms with E-state index < -0.39 is 43.8 Å². The number of methoxy groups -OCH3 is 1. The van der Waals surface area contributed by atoms with Crippen molar-refractivity contribution in [3.63, 3.8) is 0 Å². The minimum atomic E-state index is -2.52. The van der Waals surface area contributed by atoms with Gasteiger partial charge in [-0.2, -0.15) is 0 Å². The van der Waals surface area contributed by atoms with Crippen LogP contribution >= 0.6 is 0 Å². The summed E-state index contributed by atoms with van der Waals surface area (Å²) in [6.07, 6.45) is -0.101. The number of benzene rings is 3. The van der Waals surface area contributed by atoms with Crippen molar-refractivity contribution in [3.05, 3.63) is 102 Å². The third-order valence-corrected chi connectivity index (χ3v) is 25.0. The van der Waals surface area contributed by atoms with Gasteiger partial charge in [0, 0.05) is 0 Å². The van der Waals surface area contributed by atoms with Crippen molar-refractivity contribution in [2.24, 2.45) is 5.92 Å². The summed E-state index contributed by atoms with van der Waals surface area (Å²) < 4.78 is 84.6. The van der Waals surface area contributed by atoms with E-state index in [4.69, 9.17) is 56.5 Å². The molecule has 5 saturated heterocycles. The monoisotopic (exact) mass is 1100 g/mol. The average molecular weight is 1100 g/mol. The predicted molar refractivity (Wildman–Crippen MR) is 286 cm³/mol. The third-order valence-electron chi connectivity index (χ3n) is 16.4. The third kappa shape index (κ3) is 13.6. The molecule has 12 nitrogen and oxygen atoms in total. The molecule has 5 fully saturated rings. The van der Waals surface area contributed by atoms with Crippen LogP contribution in [0.5, 0.6) is 0 Å². The fraction of sp³-hybridized carbons (Fsp3) is 0.695. The molecular formula is C59H88O12SeSi. The molecule has 0 radical (unpaired) electrons. The van der Waals surface area contributed by atoms with Gasteiger partial charge in [-0.25, -0.2) is 0 Å². The summed E-state index contributed by atoms with van der Waals surface area (Å²) >= 11 is 0.0472. The van der Waals surface area contributed by atoms with Crippen molar-refractivity contribution in [3.8, 4) is 0 Å². The molecule has 3 aromatic rings. The second-order valence-electron chi connectivity index (χ2n) is 23.2. The Labute approximate surface area is 445 Å². The van der Waals surface area contributed by atoms with E-state index >= 15 is 0 Å². The van der Waals surface area contributed by atoms with Gasteiger partial charge in [0.15, 0.2) is 5.79 Å². The first-order chi connectivity index (χ1) is 34.9. The molecule has 0 aliphatic carbocycles. The number of rotatable bonds is 21. The fourth-order valence-electron chi connectivity index (χ4n) is 12.6. The van der Waals surface area contributed by atoms with Crippen molar-refractivity contribution in [1.29, 1.82) is 0 Å². The zero-order valence-electron chi connectivity index (χ0n) is 45.9. The molecule has 5 aliphatic rings. The van der Waals surface area contributed by atoms with Gasteiger partial charge in [-0.15, -0.1) is 0 Å². The molecule has 0 N–H and O–H groups in total. The Morgan fingerprint density at radius 1 is 0.699 bits per heavy atom. The second-order valence-corrected chi connectivity index (χ2v) is 31.6. The fourth-order valence-corrected chi connectivity index (χ4v) is 20.5. The minimum absolute atomic E-state index is 0.0472. The molecule has 0 amide bonds. The molecule has 5 heterocycles. The van der Waals surface area contributed by atoms with Crippen LogP contribution in [0, 0.1) is 5.92 Å². The Morgan fingerprint density at radius 2 is 1.32 bits per heavy atom. The summed E-state index contributed by atoms with van der Waals surface area (Å²) in [5.41, 5.74) is 1.32. The average Bonchev–Trinajstić information content (AvgIpc) is 3.51. The van der Waals surface area contributed by atoms with Crippen LogP contribution in [-0.4, -0.2) is 135 Å². The van der Waals surface area contributed by atoms with Crippen molar-refractivity contribution >= 4 is 27.7 Å². The van der Waals surface area contributed by atoms with Crippen LogP contribution in [0.4, 0.5) is 0 Å². The molecule has 3 aromatic carbocycles. The van der Waals surface area contributed by atoms with E-state index in [1.165, 1.54) is 4.46 Å². The summed E-state index contributed by atoms with van der Waals surface area (Å²) in [6.45, 7) is 27.0. The van der Waals surface area contributed by atoms with Gasteiger partial charge in [0.1, 0.15) is 0 Å². The molecule has 406 valence electrons. The zero-order chi connectivity index (χ0) is 52.0. The van der Waals surface area contributed by atoms with E-state index in [2.05, 4.69) is 129 Å². The van der Waals surface area contributed by atoms with Gasteiger partial charge in [-0.05, 0) is 13.8 Å². The molecule has 73 heavy (non-hydrogen) atoms. The van der Waals surface area contributed by atoms with Crippen LogP contribution in [0.2, 0.25) is 21.4 Å². The van der Waals surface area contributed by atoms with Crippen LogP contribution in [0.25, 0.3) is 0 Å². The van der Waals surface area contributed by atoms with Crippen LogP contribution in [0.15, 0.2) is 91.0 Å². The standard InChI is InChI=1S/C59H88O12SeSi/c1-39(2)73(40(3)4,41(5)6)71-51-37-62-56(61-33-43-22-16-13-17-23-43)59(11,66-34-44-24-18-14-19-25-44)55(51)68-48-28-29-58(10)52(69-53(48)42(7)72-47-26-20-15-21-27-47)32-50-54(70-58)49(63-38-60-12)31-46(67-50)30-45-35-64-57(8,9)65-36-45/h13-27,39-42,45-46,48-56H,28-38H2,1-12H3/t42-,46+,48-,49-,50+,51+,52-,53+,54-,55+,56+,58+,59+/m0/s1. The van der Waals surface area contributed by atoms with E-state index in [0.717, 1.165) is 17.5 Å². The van der Waals surface area contributed by atoms with E-state index in [9.17, 15) is 0 Å². The molecule has 0 spiro atoms. The summed E-state index contributed by atoms with van der Waals surface area (Å²) in [6, 6.07) is 31.4. The van der Waals surface area contributed by atoms with Crippen molar-refractivity contribution < 1.29 is 56.5 Å². The van der Waals surface area contributed by atoms with Crippen LogP contribution in [0.1, 0.15) is 119 Å². The van der Waals surface area contributed by atoms with E-state index in [1.54, 1.807) is 7.11 Å². The van der Waals surface area contributed by atoms with Crippen molar-refractivity contribution in [1.82, 2.24) is 0 Å². The molecule has 8 rings (SSSR count). The molecule has 0 unspecified atom stereocenters. The predicted octanol–water partition coefficient (Wildman–Crippen LogP) is 10.7. The Balaban J connectivity index is 1.16. The van der Waals surface area contributed by atoms with Crippen LogP contribution in [0.3, 0.4) is 0 Å². The Kier molecular flexibility index (Phi) is 19.7. The quantitative estimate of drug-likeness (QED) is 0.0748. The van der Waals surface area contributed by atoms with Gasteiger partial charge in [-0.3, -0.25) is 0 Å². The number of fused-ring (bicyclic) bond motifs is 2. The van der Waals surface area contributed by atoms with E-state index in [0.29, 0.717) is 75.3 Å². The number of ether oxygens (including phenoxy) is 11. The Morgan fingerprint density at radius 3 is 1.93 bits per heavy atom. The van der Waals surface area contributed by atoms with Gasteiger partial charge in [-0.1, -0.05) is 6.07 Å².